The van der Waals surface area contributed by atoms with E-state index >= 15 is 0 Å². The molecule has 0 spiro atoms. The highest BCUT2D eigenvalue weighted by Gasteiger charge is 2.07. The Hall–Kier alpha value is -2.04. The first-order valence-electron chi connectivity index (χ1n) is 9.38. The predicted octanol–water partition coefficient (Wildman–Crippen LogP) is 6.74. The van der Waals surface area contributed by atoms with Crippen molar-refractivity contribution in [2.45, 2.75) is 48.5 Å². The zero-order chi connectivity index (χ0) is 20.6. The van der Waals surface area contributed by atoms with Crippen molar-refractivity contribution >= 4 is 0 Å². The van der Waals surface area contributed by atoms with Crippen LogP contribution in [0.25, 0.3) is 0 Å². The number of nitrogens with zero attached hydrogens (tertiary/aromatic N) is 1. The van der Waals surface area contributed by atoms with Gasteiger partial charge in [-0.15, -0.1) is 0 Å². The Morgan fingerprint density at radius 1 is 1.15 bits per heavy atom. The van der Waals surface area contributed by atoms with E-state index in [9.17, 15) is 0 Å². The molecule has 0 amide bonds. The fourth-order valence-electron chi connectivity index (χ4n) is 1.99. The molecule has 0 aliphatic heterocycles. The average Bonchev–Trinajstić information content (AvgIpc) is 2.55. The predicted molar refractivity (Wildman–Crippen MR) is 121 cm³/mol. The van der Waals surface area contributed by atoms with Crippen molar-refractivity contribution in [3.63, 3.8) is 0 Å². The zero-order valence-corrected chi connectivity index (χ0v) is 18.3. The van der Waals surface area contributed by atoms with Crippen LogP contribution < -0.4 is 0 Å². The van der Waals surface area contributed by atoms with Gasteiger partial charge in [-0.25, -0.2) is 0 Å². The largest absolute Gasteiger partial charge is 0.298 e. The van der Waals surface area contributed by atoms with Crippen LogP contribution >= 0.6 is 0 Å². The smallest absolute Gasteiger partial charge is 0.0240 e. The monoisotopic (exact) mass is 353 g/mol. The summed E-state index contributed by atoms with van der Waals surface area (Å²) in [6, 6.07) is 0. The molecule has 0 N–H and O–H groups in total. The van der Waals surface area contributed by atoms with Gasteiger partial charge in [-0.2, -0.15) is 0 Å². The van der Waals surface area contributed by atoms with Crippen molar-refractivity contribution in [1.82, 2.24) is 4.90 Å². The van der Waals surface area contributed by atoms with Gasteiger partial charge >= 0.3 is 0 Å². The topological polar surface area (TPSA) is 3.24 Å². The first-order chi connectivity index (χ1) is 12.2. The highest BCUT2D eigenvalue weighted by atomic mass is 15.1. The van der Waals surface area contributed by atoms with Crippen LogP contribution in [-0.2, 0) is 0 Å². The third-order valence-electron chi connectivity index (χ3n) is 3.09. The van der Waals surface area contributed by atoms with Crippen LogP contribution in [0.15, 0.2) is 72.4 Å². The lowest BCUT2D eigenvalue weighted by Gasteiger charge is -2.19. The van der Waals surface area contributed by atoms with Gasteiger partial charge in [0.05, 0.1) is 0 Å². The molecule has 0 aliphatic rings. The van der Waals surface area contributed by atoms with Gasteiger partial charge in [-0.1, -0.05) is 80.9 Å². The molecule has 144 valence electrons. The molecule has 1 nitrogen and oxygen atoms in total. The summed E-state index contributed by atoms with van der Waals surface area (Å²) in [5, 5.41) is 0. The van der Waals surface area contributed by atoms with Crippen LogP contribution in [0.3, 0.4) is 0 Å². The van der Waals surface area contributed by atoms with Crippen LogP contribution in [-0.4, -0.2) is 25.0 Å². The first-order valence-corrected chi connectivity index (χ1v) is 9.38. The Morgan fingerprint density at radius 3 is 2.23 bits per heavy atom. The first kappa shape index (κ1) is 26.2. The minimum absolute atomic E-state index is 0.0457. The van der Waals surface area contributed by atoms with Crippen molar-refractivity contribution < 1.29 is 0 Å². The molecule has 0 saturated carbocycles. The SMILES string of the molecule is C=C\C=C(CN(C)C/C=C/C#CC(C)(C)C)/C(=C/C=C\C)C(=C)C.CC. The van der Waals surface area contributed by atoms with Crippen LogP contribution in [0.4, 0.5) is 0 Å². The number of hydrogen-bond acceptors (Lipinski definition) is 1. The fourth-order valence-corrected chi connectivity index (χ4v) is 1.99. The van der Waals surface area contributed by atoms with Gasteiger partial charge in [0.15, 0.2) is 0 Å². The molecular formula is C25H39N. The number of allylic oxidation sites excluding steroid dienone is 7. The number of hydrogen-bond donors (Lipinski definition) is 0. The van der Waals surface area contributed by atoms with Crippen molar-refractivity contribution in [2.24, 2.45) is 5.41 Å². The Balaban J connectivity index is 0. The van der Waals surface area contributed by atoms with E-state index in [0.717, 1.165) is 24.2 Å². The summed E-state index contributed by atoms with van der Waals surface area (Å²) in [5.41, 5.74) is 3.48. The van der Waals surface area contributed by atoms with E-state index < -0.39 is 0 Å². The molecule has 0 aromatic heterocycles. The average molecular weight is 354 g/mol. The molecule has 0 fully saturated rings. The van der Waals surface area contributed by atoms with Gasteiger partial charge in [0.1, 0.15) is 0 Å². The minimum Gasteiger partial charge on any atom is -0.298 e. The van der Waals surface area contributed by atoms with Gasteiger partial charge in [-0.3, -0.25) is 4.90 Å². The molecular weight excluding hydrogens is 314 g/mol. The van der Waals surface area contributed by atoms with Gasteiger partial charge in [-0.05, 0) is 58.9 Å². The van der Waals surface area contributed by atoms with Gasteiger partial charge in [0.25, 0.3) is 0 Å². The number of rotatable bonds is 8. The summed E-state index contributed by atoms with van der Waals surface area (Å²) in [4.78, 5) is 2.25. The summed E-state index contributed by atoms with van der Waals surface area (Å²) in [5.74, 6) is 6.31. The summed E-state index contributed by atoms with van der Waals surface area (Å²) in [6.45, 7) is 24.0. The van der Waals surface area contributed by atoms with Crippen molar-refractivity contribution in [3.05, 3.63) is 72.4 Å². The highest BCUT2D eigenvalue weighted by Crippen LogP contribution is 2.19. The molecule has 0 heterocycles. The van der Waals surface area contributed by atoms with Crippen LogP contribution in [0.2, 0.25) is 0 Å². The second-order valence-corrected chi connectivity index (χ2v) is 6.93. The van der Waals surface area contributed by atoms with Gasteiger partial charge < -0.3 is 0 Å². The maximum atomic E-state index is 4.10. The van der Waals surface area contributed by atoms with E-state index in [-0.39, 0.29) is 5.41 Å². The molecule has 0 aromatic carbocycles. The second kappa shape index (κ2) is 15.2. The normalized spacial score (nSPS) is 12.7. The molecule has 0 rings (SSSR count). The standard InChI is InChI=1S/C23H33N.C2H6/c1-9-11-16-22(20(3)4)21(15-10-2)19-24(8)18-14-12-13-17-23(5,6)7;1-2/h9-12,14-16H,2-3,18-19H2,1,4-8H3;1-2H3/b11-9-,14-12+,21-15-,22-16+;. The third-order valence-corrected chi connectivity index (χ3v) is 3.09. The summed E-state index contributed by atoms with van der Waals surface area (Å²) in [6.07, 6.45) is 14.1. The van der Waals surface area contributed by atoms with E-state index in [4.69, 9.17) is 0 Å². The quantitative estimate of drug-likeness (QED) is 0.345. The van der Waals surface area contributed by atoms with E-state index in [1.165, 1.54) is 5.57 Å². The van der Waals surface area contributed by atoms with Gasteiger partial charge in [0.2, 0.25) is 0 Å². The van der Waals surface area contributed by atoms with Crippen molar-refractivity contribution in [2.75, 3.05) is 20.1 Å². The molecule has 0 radical (unpaired) electrons. The maximum Gasteiger partial charge on any atom is 0.0240 e. The van der Waals surface area contributed by atoms with Gasteiger partial charge in [0, 0.05) is 18.5 Å². The van der Waals surface area contributed by atoms with Crippen molar-refractivity contribution in [1.29, 1.82) is 0 Å². The zero-order valence-electron chi connectivity index (χ0n) is 18.3. The molecule has 0 atom stereocenters. The molecule has 0 unspecified atom stereocenters. The lowest BCUT2D eigenvalue weighted by Crippen LogP contribution is -2.22. The Bertz CT molecular complexity index is 592. The Labute approximate surface area is 163 Å². The summed E-state index contributed by atoms with van der Waals surface area (Å²) in [7, 11) is 2.10. The molecule has 0 saturated heterocycles. The van der Waals surface area contributed by atoms with E-state index in [2.05, 4.69) is 75.9 Å². The molecule has 0 bridgehead atoms. The maximum absolute atomic E-state index is 4.10. The summed E-state index contributed by atoms with van der Waals surface area (Å²) < 4.78 is 0. The molecule has 0 aromatic rings. The lowest BCUT2D eigenvalue weighted by molar-refractivity contribution is 0.405. The Morgan fingerprint density at radius 2 is 1.77 bits per heavy atom. The Kier molecular flexibility index (Phi) is 15.3. The van der Waals surface area contributed by atoms with Crippen molar-refractivity contribution in [3.8, 4) is 11.8 Å². The van der Waals surface area contributed by atoms with Crippen LogP contribution in [0, 0.1) is 17.3 Å². The molecule has 0 aliphatic carbocycles. The minimum atomic E-state index is 0.0457. The number of likely N-dealkylation sites (N-methyl/N-ethyl adjacent to an activating group) is 1. The van der Waals surface area contributed by atoms with Crippen LogP contribution in [0.5, 0.6) is 0 Å². The second-order valence-electron chi connectivity index (χ2n) is 6.93. The highest BCUT2D eigenvalue weighted by molar-refractivity contribution is 5.48. The molecule has 1 heteroatoms. The van der Waals surface area contributed by atoms with E-state index in [1.54, 1.807) is 0 Å². The fraction of sp³-hybridized carbons (Fsp3) is 0.440. The van der Waals surface area contributed by atoms with E-state index in [0.29, 0.717) is 0 Å². The third kappa shape index (κ3) is 14.3. The summed E-state index contributed by atoms with van der Waals surface area (Å²) >= 11 is 0. The lowest BCUT2D eigenvalue weighted by atomic mass is 9.98. The van der Waals surface area contributed by atoms with E-state index in [1.807, 2.05) is 52.0 Å². The van der Waals surface area contributed by atoms with Crippen LogP contribution in [0.1, 0.15) is 48.5 Å². The molecule has 26 heavy (non-hydrogen) atoms.